The van der Waals surface area contributed by atoms with Crippen LogP contribution in [0.1, 0.15) is 12.5 Å². The fourth-order valence-corrected chi connectivity index (χ4v) is 5.63. The number of nitrogens with one attached hydrogen (secondary N) is 2. The lowest BCUT2D eigenvalue weighted by atomic mass is 10.1. The van der Waals surface area contributed by atoms with Crippen molar-refractivity contribution in [2.45, 2.75) is 17.4 Å². The van der Waals surface area contributed by atoms with E-state index < -0.39 is 17.2 Å². The second-order valence-electron chi connectivity index (χ2n) is 7.59. The summed E-state index contributed by atoms with van der Waals surface area (Å²) in [5, 5.41) is 2.87. The number of aromatic nitrogens is 2. The minimum atomic E-state index is -0.696. The topological polar surface area (TPSA) is 93.2 Å². The number of carbonyl (C=O) groups is 1. The quantitative estimate of drug-likeness (QED) is 0.362. The molecule has 2 N–H and O–H groups in total. The molecule has 1 atom stereocenters. The van der Waals surface area contributed by atoms with E-state index in [1.54, 1.807) is 42.1 Å². The van der Waals surface area contributed by atoms with Crippen LogP contribution >= 0.6 is 27.7 Å². The van der Waals surface area contributed by atoms with Crippen molar-refractivity contribution < 1.29 is 9.53 Å². The third-order valence-corrected chi connectivity index (χ3v) is 6.91. The summed E-state index contributed by atoms with van der Waals surface area (Å²) in [6.45, 7) is 0. The van der Waals surface area contributed by atoms with Crippen LogP contribution in [-0.2, 0) is 4.79 Å². The summed E-state index contributed by atoms with van der Waals surface area (Å²) < 4.78 is 8.04. The van der Waals surface area contributed by atoms with Gasteiger partial charge in [0, 0.05) is 27.2 Å². The van der Waals surface area contributed by atoms with E-state index in [2.05, 4.69) is 26.2 Å². The zero-order valence-corrected chi connectivity index (χ0v) is 19.6. The molecule has 0 fully saturated rings. The maximum Gasteiger partial charge on any atom is 0.317 e. The van der Waals surface area contributed by atoms with Crippen molar-refractivity contribution in [2.75, 3.05) is 11.1 Å². The number of benzene rings is 3. The molecular formula is C24H18BrN3O4S. The summed E-state index contributed by atoms with van der Waals surface area (Å²) in [5.74, 6) is 1.66. The lowest BCUT2D eigenvalue weighted by Gasteiger charge is -2.26. The third kappa shape index (κ3) is 4.46. The highest BCUT2D eigenvalue weighted by atomic mass is 79.9. The van der Waals surface area contributed by atoms with Crippen LogP contribution in [0, 0.1) is 0 Å². The summed E-state index contributed by atoms with van der Waals surface area (Å²) in [4.78, 5) is 41.2. The third-order valence-electron chi connectivity index (χ3n) is 5.28. The number of rotatable bonds is 5. The van der Waals surface area contributed by atoms with Crippen molar-refractivity contribution in [3.8, 4) is 11.5 Å². The molecule has 33 heavy (non-hydrogen) atoms. The molecule has 1 unspecified atom stereocenters. The van der Waals surface area contributed by atoms with Crippen molar-refractivity contribution in [1.29, 1.82) is 0 Å². The Bertz CT molecular complexity index is 1470. The van der Waals surface area contributed by atoms with Crippen LogP contribution in [0.3, 0.4) is 0 Å². The van der Waals surface area contributed by atoms with Gasteiger partial charge in [0.05, 0.1) is 17.1 Å². The SMILES string of the molecule is O=C(CC1CSc2cc(Br)cc3[nH]c(=O)c(=O)n1c23)Nc1ccc(Oc2ccccc2)cc1. The number of H-pyrrole nitrogens is 1. The lowest BCUT2D eigenvalue weighted by Crippen LogP contribution is -2.41. The molecule has 1 aliphatic rings. The molecule has 3 aromatic carbocycles. The molecule has 0 saturated carbocycles. The molecular weight excluding hydrogens is 506 g/mol. The first-order valence-electron chi connectivity index (χ1n) is 10.2. The molecule has 2 heterocycles. The average Bonchev–Trinajstić information content (AvgIpc) is 2.80. The predicted octanol–water partition coefficient (Wildman–Crippen LogP) is 4.92. The van der Waals surface area contributed by atoms with E-state index in [0.717, 1.165) is 15.1 Å². The van der Waals surface area contributed by atoms with Crippen LogP contribution in [0.2, 0.25) is 0 Å². The molecule has 1 amide bonds. The maximum atomic E-state index is 12.8. The van der Waals surface area contributed by atoms with Crippen molar-refractivity contribution in [1.82, 2.24) is 9.55 Å². The molecule has 9 heteroatoms. The normalized spacial score (nSPS) is 14.8. The number of para-hydroxylation sites is 1. The van der Waals surface area contributed by atoms with Gasteiger partial charge in [-0.3, -0.25) is 19.0 Å². The largest absolute Gasteiger partial charge is 0.457 e. The first-order valence-corrected chi connectivity index (χ1v) is 12.0. The first kappa shape index (κ1) is 21.5. The lowest BCUT2D eigenvalue weighted by molar-refractivity contribution is -0.116. The van der Waals surface area contributed by atoms with Crippen LogP contribution in [0.5, 0.6) is 11.5 Å². The number of carbonyl (C=O) groups excluding carboxylic acids is 1. The van der Waals surface area contributed by atoms with E-state index in [4.69, 9.17) is 4.74 Å². The van der Waals surface area contributed by atoms with E-state index in [-0.39, 0.29) is 12.3 Å². The smallest absolute Gasteiger partial charge is 0.317 e. The van der Waals surface area contributed by atoms with E-state index in [9.17, 15) is 14.4 Å². The number of hydrogen-bond donors (Lipinski definition) is 2. The van der Waals surface area contributed by atoms with Gasteiger partial charge in [0.25, 0.3) is 0 Å². The fraction of sp³-hybridized carbons (Fsp3) is 0.125. The van der Waals surface area contributed by atoms with Crippen molar-refractivity contribution in [2.24, 2.45) is 0 Å². The van der Waals surface area contributed by atoms with Gasteiger partial charge in [0.1, 0.15) is 11.5 Å². The molecule has 1 aromatic heterocycles. The van der Waals surface area contributed by atoms with Gasteiger partial charge >= 0.3 is 11.1 Å². The van der Waals surface area contributed by atoms with E-state index in [1.807, 2.05) is 36.4 Å². The zero-order valence-electron chi connectivity index (χ0n) is 17.2. The highest BCUT2D eigenvalue weighted by Crippen LogP contribution is 2.38. The minimum absolute atomic E-state index is 0.0726. The molecule has 0 spiro atoms. The second-order valence-corrected chi connectivity index (χ2v) is 9.56. The van der Waals surface area contributed by atoms with Gasteiger partial charge in [-0.25, -0.2) is 0 Å². The van der Waals surface area contributed by atoms with Gasteiger partial charge in [0.15, 0.2) is 0 Å². The number of amides is 1. The number of aromatic amines is 1. The van der Waals surface area contributed by atoms with E-state index in [1.165, 1.54) is 4.57 Å². The standard InChI is InChI=1S/C24H18BrN3O4S/c25-14-10-19-22-20(11-14)33-13-16(28(22)24(31)23(30)27-19)12-21(29)26-15-6-8-18(9-7-15)32-17-4-2-1-3-5-17/h1-11,16H,12-13H2,(H,26,29)(H,27,30). The molecule has 4 aromatic rings. The Balaban J connectivity index is 1.34. The molecule has 1 aliphatic heterocycles. The molecule has 166 valence electrons. The average molecular weight is 524 g/mol. The Morgan fingerprint density at radius 3 is 2.58 bits per heavy atom. The van der Waals surface area contributed by atoms with Crippen LogP contribution in [0.4, 0.5) is 5.69 Å². The summed E-state index contributed by atoms with van der Waals surface area (Å²) in [6, 6.07) is 19.7. The predicted molar refractivity (Wildman–Crippen MR) is 132 cm³/mol. The van der Waals surface area contributed by atoms with E-state index >= 15 is 0 Å². The zero-order chi connectivity index (χ0) is 22.9. The van der Waals surface area contributed by atoms with Gasteiger partial charge in [-0.15, -0.1) is 11.8 Å². The van der Waals surface area contributed by atoms with Gasteiger partial charge in [0.2, 0.25) is 5.91 Å². The van der Waals surface area contributed by atoms with E-state index in [0.29, 0.717) is 28.2 Å². The number of thioether (sulfide) groups is 1. The Morgan fingerprint density at radius 1 is 1.09 bits per heavy atom. The number of hydrogen-bond acceptors (Lipinski definition) is 5. The summed E-state index contributed by atoms with van der Waals surface area (Å²) in [5.41, 5.74) is 0.496. The minimum Gasteiger partial charge on any atom is -0.457 e. The number of nitrogens with zero attached hydrogens (tertiary/aromatic N) is 1. The number of halogens is 1. The Kier molecular flexibility index (Phi) is 5.82. The fourth-order valence-electron chi connectivity index (χ4n) is 3.83. The van der Waals surface area contributed by atoms with Gasteiger partial charge in [-0.05, 0) is 48.5 Å². The van der Waals surface area contributed by atoms with Crippen LogP contribution in [0.15, 0.2) is 85.7 Å². The van der Waals surface area contributed by atoms with Gasteiger partial charge in [-0.2, -0.15) is 0 Å². The molecule has 0 aliphatic carbocycles. The highest BCUT2D eigenvalue weighted by molar-refractivity contribution is 9.10. The maximum absolute atomic E-state index is 12.8. The van der Waals surface area contributed by atoms with Crippen molar-refractivity contribution in [3.63, 3.8) is 0 Å². The highest BCUT2D eigenvalue weighted by Gasteiger charge is 2.27. The molecule has 0 saturated heterocycles. The van der Waals surface area contributed by atoms with Crippen LogP contribution in [-0.4, -0.2) is 21.2 Å². The molecule has 5 rings (SSSR count). The second kappa shape index (κ2) is 8.92. The Morgan fingerprint density at radius 2 is 1.82 bits per heavy atom. The van der Waals surface area contributed by atoms with Crippen LogP contribution < -0.4 is 21.2 Å². The first-order chi connectivity index (χ1) is 16.0. The van der Waals surface area contributed by atoms with Crippen molar-refractivity contribution >= 4 is 50.3 Å². The molecule has 7 nitrogen and oxygen atoms in total. The molecule has 0 radical (unpaired) electrons. The van der Waals surface area contributed by atoms with Crippen LogP contribution in [0.25, 0.3) is 11.0 Å². The van der Waals surface area contributed by atoms with Gasteiger partial charge in [-0.1, -0.05) is 34.1 Å². The Hall–Kier alpha value is -3.30. The number of ether oxygens (including phenoxy) is 1. The van der Waals surface area contributed by atoms with Crippen molar-refractivity contribution in [3.05, 3.63) is 91.9 Å². The Labute approximate surface area is 200 Å². The monoisotopic (exact) mass is 523 g/mol. The van der Waals surface area contributed by atoms with Gasteiger partial charge < -0.3 is 15.0 Å². The summed E-state index contributed by atoms with van der Waals surface area (Å²) >= 11 is 5.00. The summed E-state index contributed by atoms with van der Waals surface area (Å²) in [6.07, 6.45) is 0.0726. The molecule has 0 bridgehead atoms. The number of anilines is 1. The summed E-state index contributed by atoms with van der Waals surface area (Å²) in [7, 11) is 0.